The average molecular weight is 368 g/mol. The number of aromatic amines is 1. The Labute approximate surface area is 155 Å². The number of carbonyl (C=O) groups is 2. The number of hydrogen-bond donors (Lipinski definition) is 3. The van der Waals surface area contributed by atoms with Crippen LogP contribution in [0.5, 0.6) is 11.5 Å². The maximum absolute atomic E-state index is 12.5. The number of para-hydroxylation sites is 2. The standard InChI is InChI=1S/C19H20N4O4/c1-11(17(24)23-19-21-15-6-4-5-7-16(15)22-19)20-18(25)12-8-13(26-2)10-14(9-12)27-3/h4-11H,1-3H3,(H,20,25)(H2,21,22,23,24)/t11-/m1/s1. The molecule has 0 saturated heterocycles. The topological polar surface area (TPSA) is 105 Å². The van der Waals surface area contributed by atoms with Crippen LogP contribution in [0.15, 0.2) is 42.5 Å². The Morgan fingerprint density at radius 2 is 1.74 bits per heavy atom. The summed E-state index contributed by atoms with van der Waals surface area (Å²) >= 11 is 0. The van der Waals surface area contributed by atoms with Crippen LogP contribution in [-0.4, -0.2) is 42.0 Å². The van der Waals surface area contributed by atoms with E-state index in [0.29, 0.717) is 23.0 Å². The van der Waals surface area contributed by atoms with Crippen LogP contribution in [0.25, 0.3) is 11.0 Å². The molecule has 3 aromatic rings. The highest BCUT2D eigenvalue weighted by atomic mass is 16.5. The van der Waals surface area contributed by atoms with Gasteiger partial charge in [-0.05, 0) is 31.2 Å². The van der Waals surface area contributed by atoms with E-state index in [0.717, 1.165) is 11.0 Å². The molecule has 0 aliphatic heterocycles. The maximum Gasteiger partial charge on any atom is 0.252 e. The first-order chi connectivity index (χ1) is 13.0. The summed E-state index contributed by atoms with van der Waals surface area (Å²) in [4.78, 5) is 32.1. The molecule has 27 heavy (non-hydrogen) atoms. The number of imidazole rings is 1. The van der Waals surface area contributed by atoms with E-state index in [1.807, 2.05) is 24.3 Å². The molecule has 1 atom stereocenters. The number of hydrogen-bond acceptors (Lipinski definition) is 5. The first kappa shape index (κ1) is 18.2. The zero-order chi connectivity index (χ0) is 19.4. The second-order valence-corrected chi connectivity index (χ2v) is 5.89. The summed E-state index contributed by atoms with van der Waals surface area (Å²) in [5, 5.41) is 5.31. The van der Waals surface area contributed by atoms with E-state index in [2.05, 4.69) is 20.6 Å². The summed E-state index contributed by atoms with van der Waals surface area (Å²) in [6, 6.07) is 11.5. The molecule has 0 spiro atoms. The van der Waals surface area contributed by atoms with E-state index in [1.165, 1.54) is 14.2 Å². The summed E-state index contributed by atoms with van der Waals surface area (Å²) in [6.45, 7) is 1.59. The van der Waals surface area contributed by atoms with Crippen molar-refractivity contribution in [3.63, 3.8) is 0 Å². The molecular weight excluding hydrogens is 348 g/mol. The van der Waals surface area contributed by atoms with Crippen LogP contribution >= 0.6 is 0 Å². The molecule has 0 radical (unpaired) electrons. The van der Waals surface area contributed by atoms with Crippen LogP contribution in [0.2, 0.25) is 0 Å². The summed E-state index contributed by atoms with van der Waals surface area (Å²) in [5.41, 5.74) is 1.88. The molecule has 0 aliphatic carbocycles. The maximum atomic E-state index is 12.5. The highest BCUT2D eigenvalue weighted by Gasteiger charge is 2.19. The van der Waals surface area contributed by atoms with Gasteiger partial charge < -0.3 is 19.8 Å². The number of rotatable bonds is 6. The third-order valence-corrected chi connectivity index (χ3v) is 3.99. The van der Waals surface area contributed by atoms with Crippen molar-refractivity contribution in [1.29, 1.82) is 0 Å². The quantitative estimate of drug-likeness (QED) is 0.619. The number of methoxy groups -OCH3 is 2. The van der Waals surface area contributed by atoms with Crippen molar-refractivity contribution >= 4 is 28.8 Å². The zero-order valence-corrected chi connectivity index (χ0v) is 15.2. The number of nitrogens with one attached hydrogen (secondary N) is 3. The monoisotopic (exact) mass is 368 g/mol. The number of carbonyl (C=O) groups excluding carboxylic acids is 2. The fourth-order valence-electron chi connectivity index (χ4n) is 2.52. The van der Waals surface area contributed by atoms with E-state index >= 15 is 0 Å². The lowest BCUT2D eigenvalue weighted by molar-refractivity contribution is -0.117. The van der Waals surface area contributed by atoms with Crippen LogP contribution in [-0.2, 0) is 4.79 Å². The molecule has 1 heterocycles. The minimum atomic E-state index is -0.775. The van der Waals surface area contributed by atoms with Gasteiger partial charge in [0.05, 0.1) is 25.3 Å². The van der Waals surface area contributed by atoms with Crippen molar-refractivity contribution in [2.45, 2.75) is 13.0 Å². The molecular formula is C19H20N4O4. The predicted octanol–water partition coefficient (Wildman–Crippen LogP) is 2.34. The van der Waals surface area contributed by atoms with E-state index in [9.17, 15) is 9.59 Å². The summed E-state index contributed by atoms with van der Waals surface area (Å²) < 4.78 is 10.3. The van der Waals surface area contributed by atoms with E-state index < -0.39 is 17.9 Å². The number of anilines is 1. The smallest absolute Gasteiger partial charge is 0.252 e. The van der Waals surface area contributed by atoms with Crippen molar-refractivity contribution in [1.82, 2.24) is 15.3 Å². The van der Waals surface area contributed by atoms with Gasteiger partial charge in [-0.25, -0.2) is 4.98 Å². The molecule has 0 bridgehead atoms. The Morgan fingerprint density at radius 1 is 1.07 bits per heavy atom. The SMILES string of the molecule is COc1cc(OC)cc(C(=O)N[C@H](C)C(=O)Nc2nc3ccccc3[nH]2)c1. The number of fused-ring (bicyclic) bond motifs is 1. The van der Waals surface area contributed by atoms with Gasteiger partial charge in [0.1, 0.15) is 17.5 Å². The lowest BCUT2D eigenvalue weighted by Gasteiger charge is -2.14. The first-order valence-electron chi connectivity index (χ1n) is 8.29. The van der Waals surface area contributed by atoms with Gasteiger partial charge in [-0.15, -0.1) is 0 Å². The van der Waals surface area contributed by atoms with Gasteiger partial charge in [0, 0.05) is 11.6 Å². The summed E-state index contributed by atoms with van der Waals surface area (Å²) in [7, 11) is 3.00. The van der Waals surface area contributed by atoms with E-state index in [4.69, 9.17) is 9.47 Å². The Hall–Kier alpha value is -3.55. The number of benzene rings is 2. The molecule has 2 aromatic carbocycles. The minimum Gasteiger partial charge on any atom is -0.497 e. The van der Waals surface area contributed by atoms with Gasteiger partial charge in [-0.1, -0.05) is 12.1 Å². The Balaban J connectivity index is 1.67. The van der Waals surface area contributed by atoms with Crippen molar-refractivity contribution < 1.29 is 19.1 Å². The Kier molecular flexibility index (Phi) is 5.25. The second-order valence-electron chi connectivity index (χ2n) is 5.89. The number of nitrogens with zero attached hydrogens (tertiary/aromatic N) is 1. The molecule has 0 unspecified atom stereocenters. The van der Waals surface area contributed by atoms with Gasteiger partial charge in [-0.2, -0.15) is 0 Å². The molecule has 140 valence electrons. The van der Waals surface area contributed by atoms with Crippen molar-refractivity contribution in [3.8, 4) is 11.5 Å². The van der Waals surface area contributed by atoms with Gasteiger partial charge in [0.2, 0.25) is 11.9 Å². The molecule has 1 aromatic heterocycles. The minimum absolute atomic E-state index is 0.324. The highest BCUT2D eigenvalue weighted by Crippen LogP contribution is 2.22. The van der Waals surface area contributed by atoms with Gasteiger partial charge in [-0.3, -0.25) is 14.9 Å². The average Bonchev–Trinajstić information content (AvgIpc) is 3.09. The zero-order valence-electron chi connectivity index (χ0n) is 15.2. The van der Waals surface area contributed by atoms with Crippen molar-refractivity contribution in [2.75, 3.05) is 19.5 Å². The van der Waals surface area contributed by atoms with Gasteiger partial charge in [0.25, 0.3) is 5.91 Å². The predicted molar refractivity (Wildman–Crippen MR) is 101 cm³/mol. The highest BCUT2D eigenvalue weighted by molar-refractivity contribution is 6.01. The molecule has 0 saturated carbocycles. The lowest BCUT2D eigenvalue weighted by atomic mass is 10.1. The van der Waals surface area contributed by atoms with Crippen LogP contribution < -0.4 is 20.1 Å². The fraction of sp³-hybridized carbons (Fsp3) is 0.211. The fourth-order valence-corrected chi connectivity index (χ4v) is 2.52. The van der Waals surface area contributed by atoms with Crippen LogP contribution in [0.3, 0.4) is 0 Å². The van der Waals surface area contributed by atoms with E-state index in [1.54, 1.807) is 25.1 Å². The number of ether oxygens (including phenoxy) is 2. The number of H-pyrrole nitrogens is 1. The van der Waals surface area contributed by atoms with Crippen LogP contribution in [0.1, 0.15) is 17.3 Å². The molecule has 0 aliphatic rings. The molecule has 2 amide bonds. The molecule has 8 nitrogen and oxygen atoms in total. The Morgan fingerprint density at radius 3 is 2.37 bits per heavy atom. The number of aromatic nitrogens is 2. The summed E-state index contributed by atoms with van der Waals surface area (Å²) in [5.74, 6) is 0.486. The van der Waals surface area contributed by atoms with Gasteiger partial charge >= 0.3 is 0 Å². The summed E-state index contributed by atoms with van der Waals surface area (Å²) in [6.07, 6.45) is 0. The largest absolute Gasteiger partial charge is 0.497 e. The molecule has 3 rings (SSSR count). The second kappa shape index (κ2) is 7.77. The molecule has 0 fully saturated rings. The van der Waals surface area contributed by atoms with Crippen LogP contribution in [0, 0.1) is 0 Å². The van der Waals surface area contributed by atoms with Gasteiger partial charge in [0.15, 0.2) is 0 Å². The van der Waals surface area contributed by atoms with Crippen LogP contribution in [0.4, 0.5) is 5.95 Å². The Bertz CT molecular complexity index is 928. The molecule has 3 N–H and O–H groups in total. The van der Waals surface area contributed by atoms with E-state index in [-0.39, 0.29) is 0 Å². The van der Waals surface area contributed by atoms with Crippen molar-refractivity contribution in [3.05, 3.63) is 48.0 Å². The third-order valence-electron chi connectivity index (χ3n) is 3.99. The third kappa shape index (κ3) is 4.17. The molecule has 8 heteroatoms. The number of amides is 2. The lowest BCUT2D eigenvalue weighted by Crippen LogP contribution is -2.41. The normalized spacial score (nSPS) is 11.7. The van der Waals surface area contributed by atoms with Crippen molar-refractivity contribution in [2.24, 2.45) is 0 Å². The first-order valence-corrected chi connectivity index (χ1v) is 8.29.